The molecule has 2 rings (SSSR count). The van der Waals surface area contributed by atoms with Gasteiger partial charge >= 0.3 is 0 Å². The highest BCUT2D eigenvalue weighted by atomic mass is 35.5. The summed E-state index contributed by atoms with van der Waals surface area (Å²) in [5.41, 5.74) is 3.15. The van der Waals surface area contributed by atoms with Gasteiger partial charge in [0.2, 0.25) is 5.13 Å². The van der Waals surface area contributed by atoms with Crippen molar-refractivity contribution in [3.8, 4) is 0 Å². The van der Waals surface area contributed by atoms with Crippen LogP contribution in [-0.4, -0.2) is 16.1 Å². The fourth-order valence-electron chi connectivity index (χ4n) is 1.19. The molecule has 0 aliphatic rings. The quantitative estimate of drug-likeness (QED) is 0.531. The maximum absolute atomic E-state index is 10.7. The molecule has 1 heterocycles. The lowest BCUT2D eigenvalue weighted by molar-refractivity contribution is -0.384. The average Bonchev–Trinajstić information content (AvgIpc) is 2.84. The van der Waals surface area contributed by atoms with Gasteiger partial charge in [-0.15, -0.1) is 11.3 Å². The van der Waals surface area contributed by atoms with Gasteiger partial charge in [0.05, 0.1) is 11.1 Å². The van der Waals surface area contributed by atoms with Crippen LogP contribution in [0.25, 0.3) is 0 Å². The molecule has 0 saturated heterocycles. The van der Waals surface area contributed by atoms with Gasteiger partial charge in [0.25, 0.3) is 5.69 Å². The minimum atomic E-state index is -0.534. The molecule has 0 fully saturated rings. The number of nitro groups is 1. The summed E-state index contributed by atoms with van der Waals surface area (Å²) in [4.78, 5) is 14.1. The predicted octanol–water partition coefficient (Wildman–Crippen LogP) is 3.15. The molecule has 0 aliphatic carbocycles. The maximum atomic E-state index is 10.7. The van der Waals surface area contributed by atoms with Crippen molar-refractivity contribution in [2.24, 2.45) is 5.10 Å². The number of hydrogen-bond acceptors (Lipinski definition) is 6. The van der Waals surface area contributed by atoms with Crippen LogP contribution in [-0.2, 0) is 0 Å². The highest BCUT2D eigenvalue weighted by Crippen LogP contribution is 2.24. The fraction of sp³-hybridized carbons (Fsp3) is 0. The summed E-state index contributed by atoms with van der Waals surface area (Å²) in [6, 6.07) is 4.46. The Morgan fingerprint density at radius 1 is 1.56 bits per heavy atom. The largest absolute Gasteiger partial charge is 0.288 e. The lowest BCUT2D eigenvalue weighted by Crippen LogP contribution is -1.93. The van der Waals surface area contributed by atoms with Crippen molar-refractivity contribution in [1.29, 1.82) is 0 Å². The van der Waals surface area contributed by atoms with Crippen LogP contribution in [0, 0.1) is 10.1 Å². The van der Waals surface area contributed by atoms with Crippen LogP contribution in [0.1, 0.15) is 5.56 Å². The van der Waals surface area contributed by atoms with Crippen molar-refractivity contribution in [3.63, 3.8) is 0 Å². The zero-order valence-corrected chi connectivity index (χ0v) is 10.5. The van der Waals surface area contributed by atoms with Crippen LogP contribution in [0.5, 0.6) is 0 Å². The summed E-state index contributed by atoms with van der Waals surface area (Å²) >= 11 is 7.10. The molecule has 1 aromatic heterocycles. The number of hydrazone groups is 1. The molecule has 0 spiro atoms. The number of thiazole rings is 1. The van der Waals surface area contributed by atoms with E-state index in [0.717, 1.165) is 0 Å². The van der Waals surface area contributed by atoms with Gasteiger partial charge in [0.15, 0.2) is 0 Å². The number of nitro benzene ring substituents is 1. The van der Waals surface area contributed by atoms with Crippen LogP contribution in [0.4, 0.5) is 10.8 Å². The molecule has 2 aromatic rings. The lowest BCUT2D eigenvalue weighted by atomic mass is 10.2. The lowest BCUT2D eigenvalue weighted by Gasteiger charge is -1.97. The molecule has 0 saturated carbocycles. The molecule has 0 aliphatic heterocycles. The Labute approximate surface area is 111 Å². The van der Waals surface area contributed by atoms with Crippen LogP contribution < -0.4 is 5.43 Å². The second-order valence-corrected chi connectivity index (χ2v) is 4.48. The van der Waals surface area contributed by atoms with Crippen molar-refractivity contribution in [1.82, 2.24) is 4.98 Å². The monoisotopic (exact) mass is 282 g/mol. The van der Waals surface area contributed by atoms with E-state index >= 15 is 0 Å². The van der Waals surface area contributed by atoms with Gasteiger partial charge in [-0.1, -0.05) is 17.7 Å². The van der Waals surface area contributed by atoms with E-state index in [1.54, 1.807) is 12.3 Å². The molecule has 1 aromatic carbocycles. The third-order valence-corrected chi connectivity index (χ3v) is 2.97. The normalized spacial score (nSPS) is 10.7. The summed E-state index contributed by atoms with van der Waals surface area (Å²) in [5, 5.41) is 17.2. The SMILES string of the molecule is O=[N+]([O-])c1cc(/C=N\Nc2nccs2)ccc1Cl. The molecule has 0 bridgehead atoms. The van der Waals surface area contributed by atoms with Crippen LogP contribution in [0.3, 0.4) is 0 Å². The van der Waals surface area contributed by atoms with Gasteiger partial charge in [0.1, 0.15) is 5.02 Å². The molecule has 0 unspecified atom stereocenters. The Morgan fingerprint density at radius 3 is 3.06 bits per heavy atom. The van der Waals surface area contributed by atoms with E-state index < -0.39 is 4.92 Å². The fourth-order valence-corrected chi connectivity index (χ4v) is 1.85. The molecule has 8 heteroatoms. The number of anilines is 1. The smallest absolute Gasteiger partial charge is 0.258 e. The topological polar surface area (TPSA) is 80.4 Å². The predicted molar refractivity (Wildman–Crippen MR) is 71.4 cm³/mol. The van der Waals surface area contributed by atoms with E-state index in [1.165, 1.54) is 29.7 Å². The Hall–Kier alpha value is -1.99. The van der Waals surface area contributed by atoms with Gasteiger partial charge < -0.3 is 0 Å². The summed E-state index contributed by atoms with van der Waals surface area (Å²) in [5.74, 6) is 0. The molecule has 0 atom stereocenters. The van der Waals surface area contributed by atoms with E-state index in [2.05, 4.69) is 15.5 Å². The minimum absolute atomic E-state index is 0.102. The number of nitrogens with zero attached hydrogens (tertiary/aromatic N) is 3. The summed E-state index contributed by atoms with van der Waals surface area (Å²) < 4.78 is 0. The van der Waals surface area contributed by atoms with Crippen LogP contribution in [0.2, 0.25) is 5.02 Å². The molecule has 92 valence electrons. The van der Waals surface area contributed by atoms with Gasteiger partial charge in [-0.05, 0) is 6.07 Å². The Morgan fingerprint density at radius 2 is 2.39 bits per heavy atom. The van der Waals surface area contributed by atoms with Gasteiger partial charge in [-0.3, -0.25) is 15.5 Å². The zero-order chi connectivity index (χ0) is 13.0. The Kier molecular flexibility index (Phi) is 3.85. The number of benzene rings is 1. The molecule has 6 nitrogen and oxygen atoms in total. The standard InChI is InChI=1S/C10H7ClN4O2S/c11-8-2-1-7(5-9(8)15(16)17)6-13-14-10-12-3-4-18-10/h1-6H,(H,12,14)/b13-6-. The van der Waals surface area contributed by atoms with E-state index in [-0.39, 0.29) is 10.7 Å². The first-order chi connectivity index (χ1) is 8.66. The molecular weight excluding hydrogens is 276 g/mol. The second kappa shape index (κ2) is 5.56. The number of halogens is 1. The van der Waals surface area contributed by atoms with Crippen LogP contribution in [0.15, 0.2) is 34.9 Å². The first kappa shape index (κ1) is 12.5. The van der Waals surface area contributed by atoms with E-state index in [4.69, 9.17) is 11.6 Å². The van der Waals surface area contributed by atoms with E-state index in [0.29, 0.717) is 10.7 Å². The number of aromatic nitrogens is 1. The summed E-state index contributed by atoms with van der Waals surface area (Å²) in [7, 11) is 0. The minimum Gasteiger partial charge on any atom is -0.258 e. The molecule has 0 amide bonds. The zero-order valence-electron chi connectivity index (χ0n) is 8.91. The summed E-state index contributed by atoms with van der Waals surface area (Å²) in [6.45, 7) is 0. The number of rotatable bonds is 4. The number of hydrogen-bond donors (Lipinski definition) is 1. The maximum Gasteiger partial charge on any atom is 0.288 e. The van der Waals surface area contributed by atoms with E-state index in [9.17, 15) is 10.1 Å². The van der Waals surface area contributed by atoms with Gasteiger partial charge in [-0.25, -0.2) is 4.98 Å². The third kappa shape index (κ3) is 3.02. The van der Waals surface area contributed by atoms with Crippen molar-refractivity contribution >= 4 is 40.0 Å². The van der Waals surface area contributed by atoms with Crippen LogP contribution >= 0.6 is 22.9 Å². The third-order valence-electron chi connectivity index (χ3n) is 1.97. The molecule has 18 heavy (non-hydrogen) atoms. The Balaban J connectivity index is 2.12. The average molecular weight is 283 g/mol. The molecular formula is C10H7ClN4O2S. The van der Waals surface area contributed by atoms with Crippen molar-refractivity contribution < 1.29 is 4.92 Å². The number of nitrogens with one attached hydrogen (secondary N) is 1. The molecule has 0 radical (unpaired) electrons. The van der Waals surface area contributed by atoms with E-state index in [1.807, 2.05) is 5.38 Å². The second-order valence-electron chi connectivity index (χ2n) is 3.18. The van der Waals surface area contributed by atoms with Crippen molar-refractivity contribution in [2.75, 3.05) is 5.43 Å². The van der Waals surface area contributed by atoms with Crippen molar-refractivity contribution in [2.45, 2.75) is 0 Å². The first-order valence-corrected chi connectivity index (χ1v) is 6.05. The highest BCUT2D eigenvalue weighted by Gasteiger charge is 2.11. The van der Waals surface area contributed by atoms with Gasteiger partial charge in [-0.2, -0.15) is 5.10 Å². The molecule has 1 N–H and O–H groups in total. The highest BCUT2D eigenvalue weighted by molar-refractivity contribution is 7.13. The summed E-state index contributed by atoms with van der Waals surface area (Å²) in [6.07, 6.45) is 3.11. The Bertz CT molecular complexity index is 586. The first-order valence-electron chi connectivity index (χ1n) is 4.79. The van der Waals surface area contributed by atoms with Gasteiger partial charge in [0, 0.05) is 23.2 Å². The van der Waals surface area contributed by atoms with Crippen molar-refractivity contribution in [3.05, 3.63) is 50.5 Å².